The quantitative estimate of drug-likeness (QED) is 0.782. The van der Waals surface area contributed by atoms with Crippen molar-refractivity contribution in [3.63, 3.8) is 0 Å². The van der Waals surface area contributed by atoms with Gasteiger partial charge in [-0.05, 0) is 24.6 Å². The summed E-state index contributed by atoms with van der Waals surface area (Å²) in [7, 11) is -3.33. The second-order valence-electron chi connectivity index (χ2n) is 4.88. The Hall–Kier alpha value is -1.31. The number of piperazine rings is 1. The van der Waals surface area contributed by atoms with E-state index in [1.807, 2.05) is 31.2 Å². The van der Waals surface area contributed by atoms with Gasteiger partial charge in [0, 0.05) is 44.1 Å². The average Bonchev–Trinajstić information content (AvgIpc) is 2.45. The zero-order valence-corrected chi connectivity index (χ0v) is 12.6. The highest BCUT2D eigenvalue weighted by molar-refractivity contribution is 7.87. The Bertz CT molecular complexity index is 539. The standard InChI is InChI=1S/C13H22N4O2S/c1-2-6-15-20(18,19)17-9-7-16(8-10-17)13-5-3-4-12(14)11-13/h3-5,11,15H,2,6-10,14H2,1H3. The molecule has 0 amide bonds. The van der Waals surface area contributed by atoms with E-state index in [-0.39, 0.29) is 0 Å². The second-order valence-corrected chi connectivity index (χ2v) is 6.64. The predicted octanol–water partition coefficient (Wildman–Crippen LogP) is 0.635. The minimum Gasteiger partial charge on any atom is -0.399 e. The number of anilines is 2. The largest absolute Gasteiger partial charge is 0.399 e. The van der Waals surface area contributed by atoms with Crippen LogP contribution in [0.4, 0.5) is 11.4 Å². The molecular weight excluding hydrogens is 276 g/mol. The molecule has 1 aliphatic rings. The Morgan fingerprint density at radius 3 is 2.55 bits per heavy atom. The first-order valence-electron chi connectivity index (χ1n) is 6.88. The van der Waals surface area contributed by atoms with Crippen LogP contribution >= 0.6 is 0 Å². The average molecular weight is 298 g/mol. The van der Waals surface area contributed by atoms with Gasteiger partial charge in [-0.25, -0.2) is 4.72 Å². The molecule has 0 spiro atoms. The van der Waals surface area contributed by atoms with Crippen molar-refractivity contribution < 1.29 is 8.42 Å². The maximum absolute atomic E-state index is 12.0. The summed E-state index contributed by atoms with van der Waals surface area (Å²) in [6, 6.07) is 7.67. The molecule has 0 radical (unpaired) electrons. The van der Waals surface area contributed by atoms with E-state index in [0.717, 1.165) is 17.8 Å². The lowest BCUT2D eigenvalue weighted by Gasteiger charge is -2.35. The number of nitrogens with zero attached hydrogens (tertiary/aromatic N) is 2. The molecule has 3 N–H and O–H groups in total. The number of nitrogen functional groups attached to an aromatic ring is 1. The van der Waals surface area contributed by atoms with E-state index < -0.39 is 10.2 Å². The summed E-state index contributed by atoms with van der Waals surface area (Å²) in [6.07, 6.45) is 0.794. The summed E-state index contributed by atoms with van der Waals surface area (Å²) >= 11 is 0. The van der Waals surface area contributed by atoms with Gasteiger partial charge < -0.3 is 10.6 Å². The summed E-state index contributed by atoms with van der Waals surface area (Å²) in [5, 5.41) is 0. The minimum absolute atomic E-state index is 0.484. The third kappa shape index (κ3) is 3.62. The van der Waals surface area contributed by atoms with Gasteiger partial charge in [0.15, 0.2) is 0 Å². The predicted molar refractivity (Wildman–Crippen MR) is 81.9 cm³/mol. The molecule has 0 atom stereocenters. The van der Waals surface area contributed by atoms with Crippen LogP contribution in [0.2, 0.25) is 0 Å². The topological polar surface area (TPSA) is 78.7 Å². The Balaban J connectivity index is 1.95. The number of benzene rings is 1. The van der Waals surface area contributed by atoms with Crippen LogP contribution in [0.3, 0.4) is 0 Å². The van der Waals surface area contributed by atoms with Crippen molar-refractivity contribution in [1.29, 1.82) is 0 Å². The van der Waals surface area contributed by atoms with Crippen LogP contribution in [-0.4, -0.2) is 45.4 Å². The van der Waals surface area contributed by atoms with Gasteiger partial charge >= 0.3 is 0 Å². The van der Waals surface area contributed by atoms with Crippen molar-refractivity contribution >= 4 is 21.6 Å². The number of nitrogens with one attached hydrogen (secondary N) is 1. The lowest BCUT2D eigenvalue weighted by molar-refractivity contribution is 0.378. The Labute approximate surface area is 120 Å². The van der Waals surface area contributed by atoms with Crippen LogP contribution in [0.25, 0.3) is 0 Å². The smallest absolute Gasteiger partial charge is 0.279 e. The summed E-state index contributed by atoms with van der Waals surface area (Å²) in [4.78, 5) is 2.15. The van der Waals surface area contributed by atoms with E-state index >= 15 is 0 Å². The van der Waals surface area contributed by atoms with E-state index in [9.17, 15) is 8.42 Å². The second kappa shape index (κ2) is 6.43. The van der Waals surface area contributed by atoms with Crippen molar-refractivity contribution in [3.05, 3.63) is 24.3 Å². The maximum Gasteiger partial charge on any atom is 0.279 e. The van der Waals surface area contributed by atoms with Gasteiger partial charge in [0.05, 0.1) is 0 Å². The first-order chi connectivity index (χ1) is 9.53. The van der Waals surface area contributed by atoms with Crippen molar-refractivity contribution in [2.24, 2.45) is 0 Å². The highest BCUT2D eigenvalue weighted by Gasteiger charge is 2.26. The maximum atomic E-state index is 12.0. The summed E-state index contributed by atoms with van der Waals surface area (Å²) in [5.41, 5.74) is 7.54. The molecule has 1 fully saturated rings. The zero-order valence-electron chi connectivity index (χ0n) is 11.7. The number of hydrogen-bond donors (Lipinski definition) is 2. The van der Waals surface area contributed by atoms with Crippen LogP contribution in [0, 0.1) is 0 Å². The molecule has 1 aliphatic heterocycles. The monoisotopic (exact) mass is 298 g/mol. The van der Waals surface area contributed by atoms with Crippen LogP contribution < -0.4 is 15.4 Å². The summed E-state index contributed by atoms with van der Waals surface area (Å²) in [6.45, 7) is 4.77. The molecule has 0 saturated carbocycles. The van der Waals surface area contributed by atoms with Crippen LogP contribution in [0.5, 0.6) is 0 Å². The van der Waals surface area contributed by atoms with Crippen LogP contribution in [0.1, 0.15) is 13.3 Å². The van der Waals surface area contributed by atoms with Crippen molar-refractivity contribution in [2.75, 3.05) is 43.4 Å². The highest BCUT2D eigenvalue weighted by atomic mass is 32.2. The fourth-order valence-corrected chi connectivity index (χ4v) is 3.52. The highest BCUT2D eigenvalue weighted by Crippen LogP contribution is 2.19. The first-order valence-corrected chi connectivity index (χ1v) is 8.32. The fourth-order valence-electron chi connectivity index (χ4n) is 2.23. The number of hydrogen-bond acceptors (Lipinski definition) is 4. The fraction of sp³-hybridized carbons (Fsp3) is 0.538. The molecule has 6 nitrogen and oxygen atoms in total. The molecule has 1 aromatic rings. The van der Waals surface area contributed by atoms with Gasteiger partial charge in [-0.1, -0.05) is 13.0 Å². The van der Waals surface area contributed by atoms with E-state index in [1.54, 1.807) is 0 Å². The van der Waals surface area contributed by atoms with E-state index in [4.69, 9.17) is 5.73 Å². The first kappa shape index (κ1) is 15.1. The molecule has 7 heteroatoms. The van der Waals surface area contributed by atoms with E-state index in [1.165, 1.54) is 4.31 Å². The van der Waals surface area contributed by atoms with E-state index in [0.29, 0.717) is 32.7 Å². The SMILES string of the molecule is CCCNS(=O)(=O)N1CCN(c2cccc(N)c2)CC1. The molecule has 2 rings (SSSR count). The van der Waals surface area contributed by atoms with E-state index in [2.05, 4.69) is 9.62 Å². The van der Waals surface area contributed by atoms with Crippen molar-refractivity contribution in [2.45, 2.75) is 13.3 Å². The van der Waals surface area contributed by atoms with Crippen molar-refractivity contribution in [1.82, 2.24) is 9.03 Å². The lowest BCUT2D eigenvalue weighted by Crippen LogP contribution is -2.52. The van der Waals surface area contributed by atoms with Gasteiger partial charge in [0.2, 0.25) is 0 Å². The van der Waals surface area contributed by atoms with Gasteiger partial charge in [0.25, 0.3) is 10.2 Å². The molecule has 0 aromatic heterocycles. The Kier molecular flexibility index (Phi) is 4.85. The Morgan fingerprint density at radius 2 is 1.95 bits per heavy atom. The molecular formula is C13H22N4O2S. The zero-order chi connectivity index (χ0) is 14.6. The van der Waals surface area contributed by atoms with Gasteiger partial charge in [-0.2, -0.15) is 12.7 Å². The van der Waals surface area contributed by atoms with Gasteiger partial charge in [-0.15, -0.1) is 0 Å². The molecule has 0 unspecified atom stereocenters. The molecule has 112 valence electrons. The number of nitrogens with two attached hydrogens (primary N) is 1. The van der Waals surface area contributed by atoms with Crippen molar-refractivity contribution in [3.8, 4) is 0 Å². The summed E-state index contributed by atoms with van der Waals surface area (Å²) < 4.78 is 28.1. The molecule has 0 aliphatic carbocycles. The van der Waals surface area contributed by atoms with Crippen LogP contribution in [0.15, 0.2) is 24.3 Å². The Morgan fingerprint density at radius 1 is 1.25 bits per heavy atom. The molecule has 0 bridgehead atoms. The molecule has 1 heterocycles. The van der Waals surface area contributed by atoms with Gasteiger partial charge in [-0.3, -0.25) is 0 Å². The van der Waals surface area contributed by atoms with Crippen LogP contribution in [-0.2, 0) is 10.2 Å². The molecule has 1 saturated heterocycles. The third-order valence-corrected chi connectivity index (χ3v) is 4.96. The number of rotatable bonds is 5. The normalized spacial score (nSPS) is 17.4. The molecule has 1 aromatic carbocycles. The minimum atomic E-state index is -3.33. The third-order valence-electron chi connectivity index (χ3n) is 3.35. The summed E-state index contributed by atoms with van der Waals surface area (Å²) in [5.74, 6) is 0. The molecule has 20 heavy (non-hydrogen) atoms. The van der Waals surface area contributed by atoms with Gasteiger partial charge in [0.1, 0.15) is 0 Å². The lowest BCUT2D eigenvalue weighted by atomic mass is 10.2.